The Morgan fingerprint density at radius 2 is 1.64 bits per heavy atom. The highest BCUT2D eigenvalue weighted by Crippen LogP contribution is 2.34. The van der Waals surface area contributed by atoms with E-state index >= 15 is 0 Å². The predicted molar refractivity (Wildman–Crippen MR) is 46.8 cm³/mol. The summed E-state index contributed by atoms with van der Waals surface area (Å²) in [6.45, 7) is 0. The van der Waals surface area contributed by atoms with Gasteiger partial charge >= 0.3 is 0 Å². The van der Waals surface area contributed by atoms with Crippen LogP contribution in [0, 0.1) is 11.6 Å². The van der Waals surface area contributed by atoms with E-state index in [1.165, 1.54) is 0 Å². The number of benzene rings is 1. The van der Waals surface area contributed by atoms with Crippen LogP contribution in [0.1, 0.15) is 0 Å². The van der Waals surface area contributed by atoms with Gasteiger partial charge in [-0.3, -0.25) is 0 Å². The van der Waals surface area contributed by atoms with Gasteiger partial charge in [-0.2, -0.15) is 0 Å². The van der Waals surface area contributed by atoms with Crippen LogP contribution in [0.3, 0.4) is 0 Å². The first kappa shape index (κ1) is 9.42. The summed E-state index contributed by atoms with van der Waals surface area (Å²) in [5.41, 5.74) is 0. The summed E-state index contributed by atoms with van der Waals surface area (Å²) in [6, 6.07) is 0.719. The van der Waals surface area contributed by atoms with Gasteiger partial charge in [-0.15, -0.1) is 0 Å². The van der Waals surface area contributed by atoms with Gasteiger partial charge in [0.05, 0.1) is 14.0 Å². The van der Waals surface area contributed by atoms with Gasteiger partial charge in [0.15, 0.2) is 0 Å². The normalized spacial score (nSPS) is 10.3. The summed E-state index contributed by atoms with van der Waals surface area (Å²) >= 11 is 11.2. The van der Waals surface area contributed by atoms with E-state index in [2.05, 4.69) is 31.9 Å². The van der Waals surface area contributed by atoms with Gasteiger partial charge in [0.1, 0.15) is 11.6 Å². The first-order valence-corrected chi connectivity index (χ1v) is 4.49. The molecule has 0 aliphatic rings. The quantitative estimate of drug-likeness (QED) is 0.499. The molecular weight excluding hydrogens is 305 g/mol. The number of hydrogen-bond acceptors (Lipinski definition) is 0. The third-order valence-corrected chi connectivity index (χ3v) is 3.76. The van der Waals surface area contributed by atoms with Crippen molar-refractivity contribution >= 4 is 43.5 Å². The van der Waals surface area contributed by atoms with Crippen LogP contribution in [0.4, 0.5) is 8.78 Å². The van der Waals surface area contributed by atoms with Crippen molar-refractivity contribution in [3.05, 3.63) is 31.7 Å². The average Bonchev–Trinajstić information content (AvgIpc) is 1.97. The molecule has 0 unspecified atom stereocenters. The van der Waals surface area contributed by atoms with E-state index in [0.717, 1.165) is 6.07 Å². The molecule has 5 heteroatoms. The van der Waals surface area contributed by atoms with Crippen molar-refractivity contribution in [3.8, 4) is 0 Å². The standard InChI is InChI=1S/C6HBr2ClF2/c7-4-2(10)1-3(11)6(9)5(4)8/h1H. The maximum Gasteiger partial charge on any atom is 0.145 e. The molecule has 0 N–H and O–H groups in total. The minimum atomic E-state index is -0.778. The van der Waals surface area contributed by atoms with Gasteiger partial charge in [-0.1, -0.05) is 11.6 Å². The molecule has 11 heavy (non-hydrogen) atoms. The van der Waals surface area contributed by atoms with Crippen molar-refractivity contribution < 1.29 is 8.78 Å². The molecule has 0 saturated carbocycles. The molecule has 0 atom stereocenters. The monoisotopic (exact) mass is 304 g/mol. The van der Waals surface area contributed by atoms with Crippen molar-refractivity contribution in [1.29, 1.82) is 0 Å². The van der Waals surface area contributed by atoms with Crippen molar-refractivity contribution in [1.82, 2.24) is 0 Å². The average molecular weight is 306 g/mol. The highest BCUT2D eigenvalue weighted by atomic mass is 79.9. The Morgan fingerprint density at radius 1 is 1.09 bits per heavy atom. The highest BCUT2D eigenvalue weighted by molar-refractivity contribution is 9.13. The summed E-state index contributed by atoms with van der Waals surface area (Å²) in [5.74, 6) is -1.46. The summed E-state index contributed by atoms with van der Waals surface area (Å²) in [4.78, 5) is 0. The van der Waals surface area contributed by atoms with Gasteiger partial charge in [0.2, 0.25) is 0 Å². The number of hydrogen-bond donors (Lipinski definition) is 0. The fourth-order valence-electron chi connectivity index (χ4n) is 0.544. The van der Waals surface area contributed by atoms with E-state index in [9.17, 15) is 8.78 Å². The van der Waals surface area contributed by atoms with Crippen LogP contribution in [0.15, 0.2) is 15.0 Å². The minimum absolute atomic E-state index is 0.127. The molecule has 0 bridgehead atoms. The van der Waals surface area contributed by atoms with Crippen LogP contribution in [0.2, 0.25) is 5.02 Å². The van der Waals surface area contributed by atoms with Crippen molar-refractivity contribution in [3.63, 3.8) is 0 Å². The second-order valence-corrected chi connectivity index (χ2v) is 3.75. The topological polar surface area (TPSA) is 0 Å². The summed E-state index contributed by atoms with van der Waals surface area (Å²) in [7, 11) is 0. The third-order valence-electron chi connectivity index (χ3n) is 1.06. The lowest BCUT2D eigenvalue weighted by Crippen LogP contribution is -1.85. The molecule has 1 aromatic carbocycles. The highest BCUT2D eigenvalue weighted by Gasteiger charge is 2.12. The molecular formula is C6HBr2ClF2. The van der Waals surface area contributed by atoms with Crippen LogP contribution >= 0.6 is 43.5 Å². The van der Waals surface area contributed by atoms with Crippen LogP contribution in [0.25, 0.3) is 0 Å². The zero-order chi connectivity index (χ0) is 8.59. The maximum absolute atomic E-state index is 12.6. The Hall–Kier alpha value is 0.330. The molecule has 0 aliphatic heterocycles. The molecule has 0 spiro atoms. The Labute approximate surface area is 83.8 Å². The van der Waals surface area contributed by atoms with Gasteiger partial charge < -0.3 is 0 Å². The molecule has 0 radical (unpaired) electrons. The second kappa shape index (κ2) is 3.37. The summed E-state index contributed by atoms with van der Waals surface area (Å²) < 4.78 is 25.6. The zero-order valence-corrected chi connectivity index (χ0v) is 8.90. The van der Waals surface area contributed by atoms with Crippen molar-refractivity contribution in [2.45, 2.75) is 0 Å². The SMILES string of the molecule is Fc1cc(F)c(Br)c(Br)c1Cl. The van der Waals surface area contributed by atoms with Crippen LogP contribution in [0.5, 0.6) is 0 Å². The summed E-state index contributed by atoms with van der Waals surface area (Å²) in [6.07, 6.45) is 0. The molecule has 0 aliphatic carbocycles. The van der Waals surface area contributed by atoms with Crippen LogP contribution in [-0.2, 0) is 0 Å². The lowest BCUT2D eigenvalue weighted by molar-refractivity contribution is 0.577. The van der Waals surface area contributed by atoms with Gasteiger partial charge in [0.25, 0.3) is 0 Å². The van der Waals surface area contributed by atoms with E-state index in [1.54, 1.807) is 0 Å². The van der Waals surface area contributed by atoms with Gasteiger partial charge in [0, 0.05) is 6.07 Å². The van der Waals surface area contributed by atoms with Gasteiger partial charge in [-0.25, -0.2) is 8.78 Å². The van der Waals surface area contributed by atoms with E-state index in [1.807, 2.05) is 0 Å². The molecule has 1 aromatic rings. The third kappa shape index (κ3) is 1.73. The first-order chi connectivity index (χ1) is 5.04. The minimum Gasteiger partial charge on any atom is -0.206 e. The molecule has 0 amide bonds. The molecule has 0 fully saturated rings. The van der Waals surface area contributed by atoms with E-state index in [4.69, 9.17) is 11.6 Å². The first-order valence-electron chi connectivity index (χ1n) is 2.52. The van der Waals surface area contributed by atoms with Gasteiger partial charge in [-0.05, 0) is 31.9 Å². The smallest absolute Gasteiger partial charge is 0.145 e. The van der Waals surface area contributed by atoms with E-state index in [0.29, 0.717) is 0 Å². The Morgan fingerprint density at radius 3 is 2.18 bits per heavy atom. The Kier molecular flexibility index (Phi) is 2.89. The predicted octanol–water partition coefficient (Wildman–Crippen LogP) is 4.14. The lowest BCUT2D eigenvalue weighted by atomic mass is 10.3. The summed E-state index contributed by atoms with van der Waals surface area (Å²) in [5, 5.41) is -0.127. The van der Waals surface area contributed by atoms with Crippen LogP contribution in [-0.4, -0.2) is 0 Å². The number of halogens is 5. The second-order valence-electron chi connectivity index (χ2n) is 1.78. The van der Waals surface area contributed by atoms with Crippen molar-refractivity contribution in [2.75, 3.05) is 0 Å². The molecule has 1 rings (SSSR count). The van der Waals surface area contributed by atoms with E-state index < -0.39 is 11.6 Å². The molecule has 0 aromatic heterocycles. The Bertz CT molecular complexity index is 275. The molecule has 60 valence electrons. The Balaban J connectivity index is 3.46. The fraction of sp³-hybridized carbons (Fsp3) is 0. The largest absolute Gasteiger partial charge is 0.206 e. The number of rotatable bonds is 0. The fourth-order valence-corrected chi connectivity index (χ4v) is 1.50. The molecule has 0 nitrogen and oxygen atoms in total. The van der Waals surface area contributed by atoms with E-state index in [-0.39, 0.29) is 14.0 Å². The lowest BCUT2D eigenvalue weighted by Gasteiger charge is -2.01. The maximum atomic E-state index is 12.6. The van der Waals surface area contributed by atoms with Crippen LogP contribution < -0.4 is 0 Å². The molecule has 0 saturated heterocycles. The molecule has 0 heterocycles. The zero-order valence-electron chi connectivity index (χ0n) is 4.97. The van der Waals surface area contributed by atoms with Crippen molar-refractivity contribution in [2.24, 2.45) is 0 Å².